The molecule has 2 aromatic rings. The number of nitrogens with one attached hydrogen (secondary N) is 1. The maximum absolute atomic E-state index is 13.4. The van der Waals surface area contributed by atoms with Crippen molar-refractivity contribution < 1.29 is 18.0 Å². The van der Waals surface area contributed by atoms with Gasteiger partial charge < -0.3 is 10.2 Å². The Kier molecular flexibility index (Phi) is 10.1. The molecule has 2 amide bonds. The quantitative estimate of drug-likeness (QED) is 0.479. The maximum atomic E-state index is 13.4. The van der Waals surface area contributed by atoms with E-state index in [4.69, 9.17) is 0 Å². The summed E-state index contributed by atoms with van der Waals surface area (Å²) in [6, 6.07) is 15.2. The van der Waals surface area contributed by atoms with Crippen molar-refractivity contribution in [3.63, 3.8) is 0 Å². The van der Waals surface area contributed by atoms with E-state index in [1.807, 2.05) is 51.1 Å². The number of amides is 2. The van der Waals surface area contributed by atoms with Crippen molar-refractivity contribution >= 4 is 21.8 Å². The highest BCUT2D eigenvalue weighted by molar-refractivity contribution is 7.89. The lowest BCUT2D eigenvalue weighted by atomic mass is 10.1. The highest BCUT2D eigenvalue weighted by atomic mass is 32.2. The molecule has 0 aromatic heterocycles. The second-order valence-electron chi connectivity index (χ2n) is 8.15. The molecule has 180 valence electrons. The van der Waals surface area contributed by atoms with Gasteiger partial charge in [0, 0.05) is 20.1 Å². The van der Waals surface area contributed by atoms with E-state index in [2.05, 4.69) is 5.32 Å². The molecule has 33 heavy (non-hydrogen) atoms. The summed E-state index contributed by atoms with van der Waals surface area (Å²) in [7, 11) is -2.46. The van der Waals surface area contributed by atoms with Crippen LogP contribution in [0.25, 0.3) is 0 Å². The molecule has 0 aliphatic heterocycles. The van der Waals surface area contributed by atoms with Gasteiger partial charge in [0.25, 0.3) is 0 Å². The Morgan fingerprint density at radius 3 is 2.21 bits per heavy atom. The van der Waals surface area contributed by atoms with Crippen molar-refractivity contribution in [1.82, 2.24) is 14.5 Å². The molecule has 0 fully saturated rings. The fourth-order valence-electron chi connectivity index (χ4n) is 3.46. The zero-order valence-corrected chi connectivity index (χ0v) is 20.8. The van der Waals surface area contributed by atoms with Gasteiger partial charge in [-0.1, -0.05) is 68.3 Å². The van der Waals surface area contributed by atoms with Gasteiger partial charge in [-0.25, -0.2) is 8.42 Å². The molecule has 0 heterocycles. The molecule has 0 bridgehead atoms. The molecule has 0 saturated heterocycles. The van der Waals surface area contributed by atoms with E-state index in [0.717, 1.165) is 28.3 Å². The van der Waals surface area contributed by atoms with Crippen LogP contribution >= 0.6 is 0 Å². The SMILES string of the molecule is CCCCNC(=O)[C@@H](CC)N(Cc1ccccc1)C(=O)CN(C)S(=O)(=O)c1ccc(C)cc1. The summed E-state index contributed by atoms with van der Waals surface area (Å²) in [5, 5.41) is 2.91. The largest absolute Gasteiger partial charge is 0.354 e. The van der Waals surface area contributed by atoms with Crippen molar-refractivity contribution in [3.8, 4) is 0 Å². The Balaban J connectivity index is 2.26. The van der Waals surface area contributed by atoms with Gasteiger partial charge in [-0.05, 0) is 37.5 Å². The first-order valence-electron chi connectivity index (χ1n) is 11.3. The number of rotatable bonds is 12. The molecule has 0 radical (unpaired) electrons. The average molecular weight is 474 g/mol. The van der Waals surface area contributed by atoms with Gasteiger partial charge in [-0.3, -0.25) is 9.59 Å². The van der Waals surface area contributed by atoms with Crippen LogP contribution in [0.2, 0.25) is 0 Å². The average Bonchev–Trinajstić information content (AvgIpc) is 2.80. The van der Waals surface area contributed by atoms with Crippen LogP contribution in [-0.4, -0.2) is 55.6 Å². The van der Waals surface area contributed by atoms with Crippen LogP contribution in [0.15, 0.2) is 59.5 Å². The van der Waals surface area contributed by atoms with Crippen LogP contribution < -0.4 is 5.32 Å². The van der Waals surface area contributed by atoms with Crippen molar-refractivity contribution in [3.05, 3.63) is 65.7 Å². The van der Waals surface area contributed by atoms with Crippen molar-refractivity contribution in [2.24, 2.45) is 0 Å². The Morgan fingerprint density at radius 1 is 1.00 bits per heavy atom. The lowest BCUT2D eigenvalue weighted by molar-refractivity contribution is -0.141. The topological polar surface area (TPSA) is 86.8 Å². The molecular weight excluding hydrogens is 438 g/mol. The highest BCUT2D eigenvalue weighted by Gasteiger charge is 2.31. The fourth-order valence-corrected chi connectivity index (χ4v) is 4.58. The Labute approximate surface area is 197 Å². The van der Waals surface area contributed by atoms with Gasteiger partial charge in [-0.15, -0.1) is 0 Å². The lowest BCUT2D eigenvalue weighted by Crippen LogP contribution is -2.51. The number of carbonyl (C=O) groups is 2. The van der Waals surface area contributed by atoms with Crippen molar-refractivity contribution in [1.29, 1.82) is 0 Å². The number of hydrogen-bond donors (Lipinski definition) is 1. The summed E-state index contributed by atoms with van der Waals surface area (Å²) >= 11 is 0. The minimum absolute atomic E-state index is 0.127. The fraction of sp³-hybridized carbons (Fsp3) is 0.440. The standard InChI is InChI=1S/C25H35N3O4S/c1-5-7-17-26-25(30)23(6-2)28(18-21-11-9-8-10-12-21)24(29)19-27(4)33(31,32)22-15-13-20(3)14-16-22/h8-16,23H,5-7,17-19H2,1-4H3,(H,26,30)/t23-/m1/s1. The van der Waals surface area contributed by atoms with Crippen molar-refractivity contribution in [2.75, 3.05) is 20.1 Å². The Hall–Kier alpha value is -2.71. The van der Waals surface area contributed by atoms with Crippen LogP contribution in [0.5, 0.6) is 0 Å². The third-order valence-corrected chi connectivity index (χ3v) is 7.32. The van der Waals surface area contributed by atoms with Gasteiger partial charge in [-0.2, -0.15) is 4.31 Å². The molecule has 0 aliphatic carbocycles. The number of aryl methyl sites for hydroxylation is 1. The van der Waals surface area contributed by atoms with Gasteiger partial charge in [0.1, 0.15) is 6.04 Å². The first kappa shape index (κ1) is 26.5. The molecular formula is C25H35N3O4S. The lowest BCUT2D eigenvalue weighted by Gasteiger charge is -2.32. The molecule has 1 N–H and O–H groups in total. The van der Waals surface area contributed by atoms with Gasteiger partial charge in [0.2, 0.25) is 21.8 Å². The van der Waals surface area contributed by atoms with Gasteiger partial charge in [0.15, 0.2) is 0 Å². The number of nitrogens with zero attached hydrogens (tertiary/aromatic N) is 2. The van der Waals surface area contributed by atoms with E-state index >= 15 is 0 Å². The molecule has 7 nitrogen and oxygen atoms in total. The number of sulfonamides is 1. The number of hydrogen-bond acceptors (Lipinski definition) is 4. The van der Waals surface area contributed by atoms with Crippen LogP contribution in [0.3, 0.4) is 0 Å². The molecule has 0 unspecified atom stereocenters. The Morgan fingerprint density at radius 2 is 1.64 bits per heavy atom. The van der Waals surface area contributed by atoms with E-state index < -0.39 is 22.0 Å². The van der Waals surface area contributed by atoms with Crippen LogP contribution in [0, 0.1) is 6.92 Å². The summed E-state index contributed by atoms with van der Waals surface area (Å²) in [5.74, 6) is -0.645. The van der Waals surface area contributed by atoms with Gasteiger partial charge in [0.05, 0.1) is 11.4 Å². The number of benzene rings is 2. The first-order chi connectivity index (χ1) is 15.7. The molecule has 2 rings (SSSR count). The zero-order valence-electron chi connectivity index (χ0n) is 20.0. The summed E-state index contributed by atoms with van der Waals surface area (Å²) in [4.78, 5) is 27.9. The Bertz CT molecular complexity index is 1010. The second-order valence-corrected chi connectivity index (χ2v) is 10.2. The van der Waals surface area contributed by atoms with Crippen molar-refractivity contribution in [2.45, 2.75) is 57.5 Å². The number of carbonyl (C=O) groups excluding carboxylic acids is 2. The number of likely N-dealkylation sites (N-methyl/N-ethyl adjacent to an activating group) is 1. The summed E-state index contributed by atoms with van der Waals surface area (Å²) < 4.78 is 27.0. The van der Waals surface area contributed by atoms with Gasteiger partial charge >= 0.3 is 0 Å². The minimum Gasteiger partial charge on any atom is -0.354 e. The molecule has 0 saturated carbocycles. The molecule has 1 atom stereocenters. The monoisotopic (exact) mass is 473 g/mol. The molecule has 8 heteroatoms. The summed E-state index contributed by atoms with van der Waals surface area (Å²) in [5.41, 5.74) is 1.82. The molecule has 2 aromatic carbocycles. The first-order valence-corrected chi connectivity index (χ1v) is 12.8. The maximum Gasteiger partial charge on any atom is 0.243 e. The third-order valence-electron chi connectivity index (χ3n) is 5.50. The van der Waals surface area contributed by atoms with E-state index in [0.29, 0.717) is 13.0 Å². The second kappa shape index (κ2) is 12.5. The molecule has 0 aliphatic rings. The summed E-state index contributed by atoms with van der Waals surface area (Å²) in [6.45, 7) is 6.17. The normalized spacial score (nSPS) is 12.4. The van der Waals surface area contributed by atoms with E-state index in [1.165, 1.54) is 24.1 Å². The smallest absolute Gasteiger partial charge is 0.243 e. The van der Waals surface area contributed by atoms with E-state index in [-0.39, 0.29) is 23.9 Å². The van der Waals surface area contributed by atoms with E-state index in [1.54, 1.807) is 12.1 Å². The number of unbranched alkanes of at least 4 members (excludes halogenated alkanes) is 1. The predicted octanol–water partition coefficient (Wildman–Crippen LogP) is 3.34. The zero-order chi connectivity index (χ0) is 24.4. The predicted molar refractivity (Wildman–Crippen MR) is 130 cm³/mol. The minimum atomic E-state index is -3.84. The van der Waals surface area contributed by atoms with Crippen LogP contribution in [0.4, 0.5) is 0 Å². The van der Waals surface area contributed by atoms with Crippen LogP contribution in [0.1, 0.15) is 44.2 Å². The highest BCUT2D eigenvalue weighted by Crippen LogP contribution is 2.17. The third kappa shape index (κ3) is 7.40. The van der Waals surface area contributed by atoms with Crippen LogP contribution in [-0.2, 0) is 26.2 Å². The molecule has 0 spiro atoms. The summed E-state index contributed by atoms with van der Waals surface area (Å²) in [6.07, 6.45) is 2.22. The van der Waals surface area contributed by atoms with E-state index in [9.17, 15) is 18.0 Å².